The molecular weight excluding hydrogens is 282 g/mol. The van der Waals surface area contributed by atoms with Gasteiger partial charge in [0.1, 0.15) is 0 Å². The van der Waals surface area contributed by atoms with Crippen LogP contribution in [0.15, 0.2) is 18.2 Å². The third-order valence-electron chi connectivity index (χ3n) is 3.21. The van der Waals surface area contributed by atoms with Gasteiger partial charge >= 0.3 is 0 Å². The van der Waals surface area contributed by atoms with Crippen LogP contribution in [-0.2, 0) is 0 Å². The minimum atomic E-state index is -0.484. The quantitative estimate of drug-likeness (QED) is 0.656. The summed E-state index contributed by atoms with van der Waals surface area (Å²) in [4.78, 5) is 22.2. The number of hydrogen-bond acceptors (Lipinski definition) is 4. The fourth-order valence-corrected chi connectivity index (χ4v) is 2.25. The van der Waals surface area contributed by atoms with Gasteiger partial charge in [0.25, 0.3) is 11.6 Å². The van der Waals surface area contributed by atoms with Gasteiger partial charge in [0, 0.05) is 30.3 Å². The number of halogens is 1. The van der Waals surface area contributed by atoms with Gasteiger partial charge in [0.05, 0.1) is 4.92 Å². The molecule has 0 saturated carbocycles. The van der Waals surface area contributed by atoms with Crippen molar-refractivity contribution in [1.82, 2.24) is 10.6 Å². The Hall–Kier alpha value is -1.66. The predicted molar refractivity (Wildman–Crippen MR) is 78.4 cm³/mol. The minimum Gasteiger partial charge on any atom is -0.350 e. The first-order valence-corrected chi connectivity index (χ1v) is 6.34. The van der Waals surface area contributed by atoms with E-state index >= 15 is 0 Å². The number of non-ortho nitro benzene ring substituents is 1. The standard InChI is InChI=1S/C13H17N3O3.ClH/c1-9-5-10(7-12(6-9)16(18)19)13(17)15-8-11-3-2-4-14-11;/h5-7,11,14H,2-4,8H2,1H3,(H,15,17);1H. The molecule has 0 aliphatic carbocycles. The zero-order chi connectivity index (χ0) is 13.8. The van der Waals surface area contributed by atoms with Crippen molar-refractivity contribution in [3.8, 4) is 0 Å². The van der Waals surface area contributed by atoms with Crippen LogP contribution in [0.1, 0.15) is 28.8 Å². The SMILES string of the molecule is Cc1cc(C(=O)NCC2CCCN2)cc([N+](=O)[O-])c1.Cl. The molecule has 0 aromatic heterocycles. The van der Waals surface area contributed by atoms with Crippen LogP contribution in [0.4, 0.5) is 5.69 Å². The summed E-state index contributed by atoms with van der Waals surface area (Å²) in [6, 6.07) is 4.73. The number of hydrogen-bond donors (Lipinski definition) is 2. The van der Waals surface area contributed by atoms with E-state index in [1.54, 1.807) is 13.0 Å². The van der Waals surface area contributed by atoms with E-state index in [4.69, 9.17) is 0 Å². The molecule has 0 radical (unpaired) electrons. The Morgan fingerprint density at radius 1 is 1.50 bits per heavy atom. The molecule has 0 spiro atoms. The molecule has 1 aromatic rings. The highest BCUT2D eigenvalue weighted by atomic mass is 35.5. The summed E-state index contributed by atoms with van der Waals surface area (Å²) in [5, 5.41) is 16.9. The number of nitrogens with zero attached hydrogens (tertiary/aromatic N) is 1. The van der Waals surface area contributed by atoms with Gasteiger partial charge < -0.3 is 10.6 Å². The summed E-state index contributed by atoms with van der Waals surface area (Å²) in [6.45, 7) is 3.28. The van der Waals surface area contributed by atoms with Gasteiger partial charge in [0.15, 0.2) is 0 Å². The van der Waals surface area contributed by atoms with Gasteiger partial charge in [-0.25, -0.2) is 0 Å². The first kappa shape index (κ1) is 16.4. The maximum atomic E-state index is 12.0. The third-order valence-corrected chi connectivity index (χ3v) is 3.21. The minimum absolute atomic E-state index is 0. The largest absolute Gasteiger partial charge is 0.350 e. The molecule has 1 saturated heterocycles. The number of carbonyl (C=O) groups excluding carboxylic acids is 1. The van der Waals surface area contributed by atoms with Crippen LogP contribution in [0.5, 0.6) is 0 Å². The van der Waals surface area contributed by atoms with Crippen molar-refractivity contribution >= 4 is 24.0 Å². The van der Waals surface area contributed by atoms with E-state index in [1.807, 2.05) is 0 Å². The van der Waals surface area contributed by atoms with E-state index in [0.29, 0.717) is 23.7 Å². The highest BCUT2D eigenvalue weighted by Crippen LogP contribution is 2.16. The number of aryl methyl sites for hydroxylation is 1. The number of nitro benzene ring substituents is 1. The lowest BCUT2D eigenvalue weighted by Crippen LogP contribution is -2.37. The number of rotatable bonds is 4. The number of benzene rings is 1. The normalized spacial score (nSPS) is 17.4. The molecule has 1 fully saturated rings. The van der Waals surface area contributed by atoms with Crippen molar-refractivity contribution in [2.24, 2.45) is 0 Å². The maximum Gasteiger partial charge on any atom is 0.270 e. The fourth-order valence-electron chi connectivity index (χ4n) is 2.25. The summed E-state index contributed by atoms with van der Waals surface area (Å²) < 4.78 is 0. The molecule has 2 rings (SSSR count). The lowest BCUT2D eigenvalue weighted by molar-refractivity contribution is -0.384. The molecule has 1 amide bonds. The van der Waals surface area contributed by atoms with Gasteiger partial charge in [-0.3, -0.25) is 14.9 Å². The van der Waals surface area contributed by atoms with Gasteiger partial charge in [-0.2, -0.15) is 0 Å². The van der Waals surface area contributed by atoms with Crippen molar-refractivity contribution in [1.29, 1.82) is 0 Å². The summed E-state index contributed by atoms with van der Waals surface area (Å²) >= 11 is 0. The maximum absolute atomic E-state index is 12.0. The molecule has 1 aliphatic rings. The van der Waals surface area contributed by atoms with E-state index < -0.39 is 4.92 Å². The van der Waals surface area contributed by atoms with Crippen LogP contribution in [0.3, 0.4) is 0 Å². The lowest BCUT2D eigenvalue weighted by atomic mass is 10.1. The van der Waals surface area contributed by atoms with E-state index in [0.717, 1.165) is 19.4 Å². The molecule has 0 bridgehead atoms. The fraction of sp³-hybridized carbons (Fsp3) is 0.462. The molecular formula is C13H18ClN3O3. The molecule has 1 aliphatic heterocycles. The van der Waals surface area contributed by atoms with Crippen LogP contribution in [-0.4, -0.2) is 30.0 Å². The zero-order valence-corrected chi connectivity index (χ0v) is 12.0. The Kier molecular flexibility index (Phi) is 5.91. The Balaban J connectivity index is 0.00000200. The summed E-state index contributed by atoms with van der Waals surface area (Å²) in [6.07, 6.45) is 2.17. The van der Waals surface area contributed by atoms with Crippen molar-refractivity contribution in [2.75, 3.05) is 13.1 Å². The first-order chi connectivity index (χ1) is 9.06. The second-order valence-electron chi connectivity index (χ2n) is 4.82. The van der Waals surface area contributed by atoms with Gasteiger partial charge in [-0.05, 0) is 37.9 Å². The van der Waals surface area contributed by atoms with Crippen LogP contribution >= 0.6 is 12.4 Å². The Morgan fingerprint density at radius 2 is 2.25 bits per heavy atom. The topological polar surface area (TPSA) is 84.3 Å². The summed E-state index contributed by atoms with van der Waals surface area (Å²) in [5.74, 6) is -0.263. The average molecular weight is 300 g/mol. The Morgan fingerprint density at radius 3 is 2.85 bits per heavy atom. The van der Waals surface area contributed by atoms with Crippen molar-refractivity contribution < 1.29 is 9.72 Å². The van der Waals surface area contributed by atoms with Gasteiger partial charge in [-0.1, -0.05) is 0 Å². The third kappa shape index (κ3) is 4.18. The molecule has 2 N–H and O–H groups in total. The number of nitro groups is 1. The van der Waals surface area contributed by atoms with E-state index in [2.05, 4.69) is 10.6 Å². The Labute approximate surface area is 123 Å². The monoisotopic (exact) mass is 299 g/mol. The summed E-state index contributed by atoms with van der Waals surface area (Å²) in [5.41, 5.74) is 0.993. The second-order valence-corrected chi connectivity index (χ2v) is 4.82. The molecule has 1 heterocycles. The van der Waals surface area contributed by atoms with E-state index in [-0.39, 0.29) is 24.0 Å². The molecule has 1 atom stereocenters. The van der Waals surface area contributed by atoms with Crippen LogP contribution in [0.2, 0.25) is 0 Å². The van der Waals surface area contributed by atoms with Crippen molar-refractivity contribution in [3.63, 3.8) is 0 Å². The molecule has 20 heavy (non-hydrogen) atoms. The lowest BCUT2D eigenvalue weighted by Gasteiger charge is -2.11. The van der Waals surface area contributed by atoms with Crippen molar-refractivity contribution in [2.45, 2.75) is 25.8 Å². The van der Waals surface area contributed by atoms with Gasteiger partial charge in [-0.15, -0.1) is 12.4 Å². The first-order valence-electron chi connectivity index (χ1n) is 6.34. The van der Waals surface area contributed by atoms with Crippen molar-refractivity contribution in [3.05, 3.63) is 39.4 Å². The number of carbonyl (C=O) groups is 1. The molecule has 6 nitrogen and oxygen atoms in total. The molecule has 1 aromatic carbocycles. The number of nitrogens with one attached hydrogen (secondary N) is 2. The average Bonchev–Trinajstić information content (AvgIpc) is 2.88. The highest BCUT2D eigenvalue weighted by Gasteiger charge is 2.17. The Bertz CT molecular complexity index is 502. The molecule has 1 unspecified atom stereocenters. The van der Waals surface area contributed by atoms with Crippen LogP contribution in [0.25, 0.3) is 0 Å². The van der Waals surface area contributed by atoms with Gasteiger partial charge in [0.2, 0.25) is 0 Å². The predicted octanol–water partition coefficient (Wildman–Crippen LogP) is 1.81. The van der Waals surface area contributed by atoms with E-state index in [9.17, 15) is 14.9 Å². The summed E-state index contributed by atoms with van der Waals surface area (Å²) in [7, 11) is 0. The second kappa shape index (κ2) is 7.21. The highest BCUT2D eigenvalue weighted by molar-refractivity contribution is 5.95. The van der Waals surface area contributed by atoms with Crippen LogP contribution < -0.4 is 10.6 Å². The van der Waals surface area contributed by atoms with E-state index in [1.165, 1.54) is 12.1 Å². The molecule has 7 heteroatoms. The number of amides is 1. The molecule has 110 valence electrons. The smallest absolute Gasteiger partial charge is 0.270 e. The van der Waals surface area contributed by atoms with Crippen LogP contribution in [0, 0.1) is 17.0 Å². The zero-order valence-electron chi connectivity index (χ0n) is 11.2.